The van der Waals surface area contributed by atoms with Crippen LogP contribution >= 0.6 is 0 Å². The number of aliphatic hydroxyl groups excluding tert-OH is 1. The minimum Gasteiger partial charge on any atom is -0.394 e. The number of fused-ring (bicyclic) bond motifs is 2. The first kappa shape index (κ1) is 14.7. The first-order chi connectivity index (χ1) is 12.8. The molecule has 5 heterocycles. The van der Waals surface area contributed by atoms with Gasteiger partial charge >= 0.3 is 0 Å². The number of aliphatic hydroxyl groups is 1. The molecular formula is C15H14N10O. The molecule has 0 radical (unpaired) electrons. The van der Waals surface area contributed by atoms with Crippen LogP contribution in [-0.2, 0) is 13.1 Å². The molecule has 11 nitrogen and oxygen atoms in total. The third kappa shape index (κ3) is 2.41. The Bertz CT molecular complexity index is 1170. The highest BCUT2D eigenvalue weighted by Gasteiger charge is 2.12. The minimum absolute atomic E-state index is 0.0300. The molecule has 0 unspecified atom stereocenters. The van der Waals surface area contributed by atoms with E-state index in [0.29, 0.717) is 30.1 Å². The molecule has 0 bridgehead atoms. The molecule has 0 atom stereocenters. The monoisotopic (exact) mass is 350 g/mol. The van der Waals surface area contributed by atoms with Gasteiger partial charge < -0.3 is 10.1 Å². The van der Waals surface area contributed by atoms with Crippen LogP contribution < -0.4 is 0 Å². The second-order valence-corrected chi connectivity index (χ2v) is 5.86. The van der Waals surface area contributed by atoms with Gasteiger partial charge in [-0.25, -0.2) is 14.6 Å². The Hall–Kier alpha value is -3.60. The van der Waals surface area contributed by atoms with E-state index in [2.05, 4.69) is 40.6 Å². The molecule has 11 heteroatoms. The summed E-state index contributed by atoms with van der Waals surface area (Å²) in [5, 5.41) is 28.3. The number of rotatable bonds is 5. The first-order valence-electron chi connectivity index (χ1n) is 8.01. The van der Waals surface area contributed by atoms with Crippen LogP contribution in [0.3, 0.4) is 0 Å². The molecule has 0 aliphatic heterocycles. The van der Waals surface area contributed by atoms with Crippen molar-refractivity contribution in [2.24, 2.45) is 0 Å². The number of aromatic amines is 2. The van der Waals surface area contributed by atoms with Crippen molar-refractivity contribution >= 4 is 22.3 Å². The molecule has 0 aromatic carbocycles. The van der Waals surface area contributed by atoms with Crippen LogP contribution in [0.15, 0.2) is 30.9 Å². The zero-order valence-corrected chi connectivity index (χ0v) is 13.5. The fourth-order valence-electron chi connectivity index (χ4n) is 2.86. The van der Waals surface area contributed by atoms with Gasteiger partial charge in [0.25, 0.3) is 0 Å². The van der Waals surface area contributed by atoms with E-state index in [1.54, 1.807) is 28.0 Å². The van der Waals surface area contributed by atoms with E-state index in [9.17, 15) is 0 Å². The predicted octanol–water partition coefficient (Wildman–Crippen LogP) is 0.330. The molecule has 26 heavy (non-hydrogen) atoms. The van der Waals surface area contributed by atoms with E-state index in [0.717, 1.165) is 22.3 Å². The summed E-state index contributed by atoms with van der Waals surface area (Å²) in [6.07, 6.45) is 6.90. The maximum atomic E-state index is 9.01. The molecule has 0 saturated carbocycles. The SMILES string of the molecule is OCCn1cc(-c2cnc3nnn(Cc4cc5[nH]ncc5[nH]4)c3n2)cn1. The van der Waals surface area contributed by atoms with E-state index in [1.807, 2.05) is 12.3 Å². The Kier molecular flexibility index (Phi) is 3.25. The molecule has 0 fully saturated rings. The molecule has 5 aromatic heterocycles. The van der Waals surface area contributed by atoms with Crippen molar-refractivity contribution in [3.05, 3.63) is 36.5 Å². The van der Waals surface area contributed by atoms with Gasteiger partial charge in [0.2, 0.25) is 5.65 Å². The van der Waals surface area contributed by atoms with E-state index >= 15 is 0 Å². The molecular weight excluding hydrogens is 336 g/mol. The average molecular weight is 350 g/mol. The summed E-state index contributed by atoms with van der Waals surface area (Å²) in [4.78, 5) is 12.3. The Morgan fingerprint density at radius 1 is 1.15 bits per heavy atom. The summed E-state index contributed by atoms with van der Waals surface area (Å²) in [6.45, 7) is 0.952. The third-order valence-corrected chi connectivity index (χ3v) is 4.09. The van der Waals surface area contributed by atoms with Gasteiger partial charge in [-0.1, -0.05) is 5.21 Å². The molecule has 0 saturated heterocycles. The minimum atomic E-state index is 0.0300. The molecule has 5 aromatic rings. The Morgan fingerprint density at radius 3 is 3.00 bits per heavy atom. The number of H-pyrrole nitrogens is 2. The van der Waals surface area contributed by atoms with Crippen LogP contribution in [0.5, 0.6) is 0 Å². The van der Waals surface area contributed by atoms with Crippen LogP contribution in [0.1, 0.15) is 5.69 Å². The van der Waals surface area contributed by atoms with E-state index in [4.69, 9.17) is 5.11 Å². The number of hydrogen-bond acceptors (Lipinski definition) is 7. The number of aromatic nitrogens is 10. The lowest BCUT2D eigenvalue weighted by molar-refractivity contribution is 0.269. The van der Waals surface area contributed by atoms with Crippen LogP contribution in [0.2, 0.25) is 0 Å². The van der Waals surface area contributed by atoms with Crippen LogP contribution in [0.25, 0.3) is 33.6 Å². The molecule has 0 amide bonds. The number of nitrogens with one attached hydrogen (secondary N) is 2. The highest BCUT2D eigenvalue weighted by atomic mass is 16.3. The van der Waals surface area contributed by atoms with Crippen molar-refractivity contribution in [1.29, 1.82) is 0 Å². The lowest BCUT2D eigenvalue weighted by atomic mass is 10.3. The van der Waals surface area contributed by atoms with Gasteiger partial charge in [0, 0.05) is 17.5 Å². The maximum absolute atomic E-state index is 9.01. The Morgan fingerprint density at radius 2 is 2.12 bits per heavy atom. The molecule has 0 spiro atoms. The summed E-state index contributed by atoms with van der Waals surface area (Å²) in [5.41, 5.74) is 5.40. The van der Waals surface area contributed by atoms with E-state index in [-0.39, 0.29) is 6.61 Å². The number of hydrogen-bond donors (Lipinski definition) is 3. The molecule has 5 rings (SSSR count). The topological polar surface area (TPSA) is 139 Å². The zero-order valence-electron chi connectivity index (χ0n) is 13.5. The van der Waals surface area contributed by atoms with Crippen LogP contribution in [0.4, 0.5) is 0 Å². The van der Waals surface area contributed by atoms with Gasteiger partial charge in [0.1, 0.15) is 0 Å². The fraction of sp³-hybridized carbons (Fsp3) is 0.200. The summed E-state index contributed by atoms with van der Waals surface area (Å²) < 4.78 is 3.36. The van der Waals surface area contributed by atoms with Gasteiger partial charge in [-0.05, 0) is 6.07 Å². The van der Waals surface area contributed by atoms with Crippen molar-refractivity contribution in [2.75, 3.05) is 6.61 Å². The lowest BCUT2D eigenvalue weighted by Crippen LogP contribution is -2.04. The molecule has 130 valence electrons. The lowest BCUT2D eigenvalue weighted by Gasteiger charge is -2.01. The highest BCUT2D eigenvalue weighted by Crippen LogP contribution is 2.19. The van der Waals surface area contributed by atoms with Crippen LogP contribution in [-0.4, -0.2) is 61.6 Å². The third-order valence-electron chi connectivity index (χ3n) is 4.09. The highest BCUT2D eigenvalue weighted by molar-refractivity contribution is 5.75. The second kappa shape index (κ2) is 5.74. The predicted molar refractivity (Wildman–Crippen MR) is 91.0 cm³/mol. The normalized spacial score (nSPS) is 11.7. The van der Waals surface area contributed by atoms with Gasteiger partial charge in [-0.15, -0.1) is 5.10 Å². The number of nitrogens with zero attached hydrogens (tertiary/aromatic N) is 8. The first-order valence-corrected chi connectivity index (χ1v) is 8.01. The van der Waals surface area contributed by atoms with Crippen molar-refractivity contribution in [3.63, 3.8) is 0 Å². The maximum Gasteiger partial charge on any atom is 0.221 e. The van der Waals surface area contributed by atoms with Gasteiger partial charge in [-0.2, -0.15) is 10.2 Å². The summed E-state index contributed by atoms with van der Waals surface area (Å²) in [7, 11) is 0. The summed E-state index contributed by atoms with van der Waals surface area (Å²) in [5.74, 6) is 0. The summed E-state index contributed by atoms with van der Waals surface area (Å²) >= 11 is 0. The molecule has 0 aliphatic rings. The van der Waals surface area contributed by atoms with E-state index < -0.39 is 0 Å². The zero-order chi connectivity index (χ0) is 17.5. The molecule has 3 N–H and O–H groups in total. The largest absolute Gasteiger partial charge is 0.394 e. The standard InChI is InChI=1S/C15H14N10O/c26-2-1-24-7-9(4-18-24)12-5-16-14-15(20-12)25(23-22-14)8-10-3-11-13(19-10)6-17-21-11/h3-7,19,26H,1-2,8H2,(H,17,21). The van der Waals surface area contributed by atoms with Crippen molar-refractivity contribution < 1.29 is 5.11 Å². The summed E-state index contributed by atoms with van der Waals surface area (Å²) in [6, 6.07) is 1.98. The van der Waals surface area contributed by atoms with Gasteiger partial charge in [0.05, 0.1) is 55.0 Å². The quantitative estimate of drug-likeness (QED) is 0.415. The second-order valence-electron chi connectivity index (χ2n) is 5.86. The van der Waals surface area contributed by atoms with Crippen molar-refractivity contribution in [1.82, 2.24) is 49.9 Å². The van der Waals surface area contributed by atoms with Crippen molar-refractivity contribution in [2.45, 2.75) is 13.1 Å². The van der Waals surface area contributed by atoms with Gasteiger partial charge in [-0.3, -0.25) is 9.78 Å². The van der Waals surface area contributed by atoms with E-state index in [1.165, 1.54) is 0 Å². The van der Waals surface area contributed by atoms with Gasteiger partial charge in [0.15, 0.2) is 5.65 Å². The Balaban J connectivity index is 1.50. The average Bonchev–Trinajstić information content (AvgIpc) is 3.39. The van der Waals surface area contributed by atoms with Crippen molar-refractivity contribution in [3.8, 4) is 11.3 Å². The smallest absolute Gasteiger partial charge is 0.221 e. The molecule has 0 aliphatic carbocycles. The fourth-order valence-corrected chi connectivity index (χ4v) is 2.86. The Labute approximate surface area is 145 Å². The van der Waals surface area contributed by atoms with Crippen LogP contribution in [0, 0.1) is 0 Å².